The van der Waals surface area contributed by atoms with Gasteiger partial charge in [0.05, 0.1) is 13.5 Å². The van der Waals surface area contributed by atoms with Crippen molar-refractivity contribution in [3.63, 3.8) is 0 Å². The molecule has 0 radical (unpaired) electrons. The Labute approximate surface area is 116 Å². The Hall–Kier alpha value is -1.66. The van der Waals surface area contributed by atoms with Gasteiger partial charge in [-0.05, 0) is 23.6 Å². The lowest BCUT2D eigenvalue weighted by Gasteiger charge is -2.10. The highest BCUT2D eigenvalue weighted by Gasteiger charge is 2.15. The van der Waals surface area contributed by atoms with Crippen LogP contribution in [0.4, 0.5) is 4.39 Å². The first-order chi connectivity index (χ1) is 8.43. The first-order valence-corrected chi connectivity index (χ1v) is 5.26. The number of esters is 1. The number of rotatable bonds is 5. The van der Waals surface area contributed by atoms with E-state index in [0.29, 0.717) is 5.56 Å². The van der Waals surface area contributed by atoms with E-state index in [1.165, 1.54) is 19.2 Å². The normalized spacial score (nSPS) is 11.3. The molecule has 5 nitrogen and oxygen atoms in total. The van der Waals surface area contributed by atoms with Crippen LogP contribution in [0.5, 0.6) is 0 Å². The van der Waals surface area contributed by atoms with Crippen LogP contribution in [0.15, 0.2) is 18.2 Å². The third-order valence-electron chi connectivity index (χ3n) is 2.42. The van der Waals surface area contributed by atoms with Gasteiger partial charge in [0, 0.05) is 0 Å². The summed E-state index contributed by atoms with van der Waals surface area (Å²) in [4.78, 5) is 21.6. The van der Waals surface area contributed by atoms with Crippen LogP contribution in [0, 0.1) is 5.82 Å². The van der Waals surface area contributed by atoms with Gasteiger partial charge in [-0.2, -0.15) is 0 Å². The van der Waals surface area contributed by atoms with Gasteiger partial charge in [0.25, 0.3) is 0 Å². The van der Waals surface area contributed by atoms with E-state index >= 15 is 0 Å². The molecule has 0 aliphatic heterocycles. The molecule has 0 spiro atoms. The molecule has 1 rings (SSSR count). The van der Waals surface area contributed by atoms with Gasteiger partial charge in [0.2, 0.25) is 0 Å². The maximum atomic E-state index is 13.5. The highest BCUT2D eigenvalue weighted by Crippen LogP contribution is 2.13. The third-order valence-corrected chi connectivity index (χ3v) is 2.42. The van der Waals surface area contributed by atoms with Gasteiger partial charge in [-0.15, -0.1) is 12.4 Å². The highest BCUT2D eigenvalue weighted by atomic mass is 35.5. The SMILES string of the molecule is COC(=O)C(N)Cc1ccc(CC(=O)O)c(F)c1.Cl. The fourth-order valence-corrected chi connectivity index (χ4v) is 1.51. The molecule has 0 aliphatic rings. The number of ether oxygens (including phenoxy) is 1. The van der Waals surface area contributed by atoms with Gasteiger partial charge < -0.3 is 15.6 Å². The van der Waals surface area contributed by atoms with Gasteiger partial charge in [-0.3, -0.25) is 9.59 Å². The summed E-state index contributed by atoms with van der Waals surface area (Å²) in [5.74, 6) is -2.30. The number of carbonyl (C=O) groups is 2. The molecule has 0 amide bonds. The van der Waals surface area contributed by atoms with E-state index in [9.17, 15) is 14.0 Å². The summed E-state index contributed by atoms with van der Waals surface area (Å²) >= 11 is 0. The number of methoxy groups -OCH3 is 1. The molecule has 1 unspecified atom stereocenters. The number of benzene rings is 1. The Kier molecular flexibility index (Phi) is 7.03. The molecule has 0 saturated heterocycles. The van der Waals surface area contributed by atoms with Crippen LogP contribution < -0.4 is 5.73 Å². The lowest BCUT2D eigenvalue weighted by molar-refractivity contribution is -0.142. The van der Waals surface area contributed by atoms with E-state index in [1.54, 1.807) is 6.07 Å². The Morgan fingerprint density at radius 3 is 2.58 bits per heavy atom. The minimum absolute atomic E-state index is 0. The average Bonchev–Trinajstić information content (AvgIpc) is 2.31. The van der Waals surface area contributed by atoms with Crippen molar-refractivity contribution in [2.75, 3.05) is 7.11 Å². The van der Waals surface area contributed by atoms with Crippen molar-refractivity contribution in [2.24, 2.45) is 5.73 Å². The molecule has 7 heteroatoms. The molecule has 0 aromatic heterocycles. The second-order valence-corrected chi connectivity index (χ2v) is 3.83. The zero-order valence-electron chi connectivity index (χ0n) is 10.3. The summed E-state index contributed by atoms with van der Waals surface area (Å²) in [6, 6.07) is 3.24. The Bertz CT molecular complexity index is 467. The fraction of sp³-hybridized carbons (Fsp3) is 0.333. The molecule has 0 saturated carbocycles. The van der Waals surface area contributed by atoms with E-state index in [2.05, 4.69) is 4.74 Å². The predicted octanol–water partition coefficient (Wildman–Crippen LogP) is 0.917. The smallest absolute Gasteiger partial charge is 0.322 e. The van der Waals surface area contributed by atoms with Crippen molar-refractivity contribution in [1.82, 2.24) is 0 Å². The van der Waals surface area contributed by atoms with Crippen LogP contribution in [0.3, 0.4) is 0 Å². The van der Waals surface area contributed by atoms with Gasteiger partial charge >= 0.3 is 11.9 Å². The summed E-state index contributed by atoms with van der Waals surface area (Å²) in [7, 11) is 1.22. The topological polar surface area (TPSA) is 89.6 Å². The average molecular weight is 292 g/mol. The summed E-state index contributed by atoms with van der Waals surface area (Å²) in [6.45, 7) is 0. The molecule has 3 N–H and O–H groups in total. The number of aliphatic carboxylic acids is 1. The van der Waals surface area contributed by atoms with E-state index in [1.807, 2.05) is 0 Å². The number of hydrogen-bond acceptors (Lipinski definition) is 4. The van der Waals surface area contributed by atoms with Gasteiger partial charge in [-0.1, -0.05) is 12.1 Å². The van der Waals surface area contributed by atoms with Crippen molar-refractivity contribution in [2.45, 2.75) is 18.9 Å². The van der Waals surface area contributed by atoms with Crippen molar-refractivity contribution in [1.29, 1.82) is 0 Å². The molecule has 1 aromatic carbocycles. The fourth-order valence-electron chi connectivity index (χ4n) is 1.51. The molecule has 0 bridgehead atoms. The number of hydrogen-bond donors (Lipinski definition) is 2. The minimum Gasteiger partial charge on any atom is -0.481 e. The van der Waals surface area contributed by atoms with E-state index in [4.69, 9.17) is 10.8 Å². The second-order valence-electron chi connectivity index (χ2n) is 3.83. The lowest BCUT2D eigenvalue weighted by Crippen LogP contribution is -2.33. The Morgan fingerprint density at radius 2 is 2.11 bits per heavy atom. The van der Waals surface area contributed by atoms with Crippen molar-refractivity contribution < 1.29 is 23.8 Å². The Morgan fingerprint density at radius 1 is 1.47 bits per heavy atom. The number of halogens is 2. The van der Waals surface area contributed by atoms with Gasteiger partial charge in [0.15, 0.2) is 0 Å². The van der Waals surface area contributed by atoms with Crippen molar-refractivity contribution in [3.8, 4) is 0 Å². The molecular formula is C12H15ClFNO4. The third kappa shape index (κ3) is 5.23. The largest absolute Gasteiger partial charge is 0.481 e. The molecule has 1 aromatic rings. The number of nitrogens with two attached hydrogens (primary N) is 1. The summed E-state index contributed by atoms with van der Waals surface area (Å²) in [5.41, 5.74) is 6.15. The molecular weight excluding hydrogens is 277 g/mol. The lowest BCUT2D eigenvalue weighted by atomic mass is 10.0. The predicted molar refractivity (Wildman–Crippen MR) is 68.7 cm³/mol. The molecule has 0 aliphatic carbocycles. The Balaban J connectivity index is 0.00000324. The van der Waals surface area contributed by atoms with E-state index in [0.717, 1.165) is 0 Å². The molecule has 0 heterocycles. The molecule has 19 heavy (non-hydrogen) atoms. The molecule has 1 atom stereocenters. The van der Waals surface area contributed by atoms with Crippen LogP contribution in [0.2, 0.25) is 0 Å². The van der Waals surface area contributed by atoms with Crippen LogP contribution in [-0.4, -0.2) is 30.2 Å². The van der Waals surface area contributed by atoms with Crippen LogP contribution in [0.25, 0.3) is 0 Å². The van der Waals surface area contributed by atoms with Gasteiger partial charge in [0.1, 0.15) is 11.9 Å². The van der Waals surface area contributed by atoms with Crippen LogP contribution in [-0.2, 0) is 27.2 Å². The second kappa shape index (κ2) is 7.70. The standard InChI is InChI=1S/C12H14FNO4.ClH/c1-18-12(17)10(14)5-7-2-3-8(6-11(15)16)9(13)4-7;/h2-4,10H,5-6,14H2,1H3,(H,15,16);1H. The first-order valence-electron chi connectivity index (χ1n) is 5.26. The maximum Gasteiger partial charge on any atom is 0.322 e. The quantitative estimate of drug-likeness (QED) is 0.787. The van der Waals surface area contributed by atoms with Crippen LogP contribution in [0.1, 0.15) is 11.1 Å². The minimum atomic E-state index is -1.10. The summed E-state index contributed by atoms with van der Waals surface area (Å²) < 4.78 is 18.0. The summed E-state index contributed by atoms with van der Waals surface area (Å²) in [6.07, 6.45) is -0.244. The van der Waals surface area contributed by atoms with Crippen molar-refractivity contribution in [3.05, 3.63) is 35.1 Å². The monoisotopic (exact) mass is 291 g/mol. The molecule has 0 fully saturated rings. The van der Waals surface area contributed by atoms with E-state index < -0.39 is 23.8 Å². The first kappa shape index (κ1) is 17.3. The number of carboxylic acids is 1. The number of carboxylic acid groups (broad SMARTS) is 1. The summed E-state index contributed by atoms with van der Waals surface area (Å²) in [5, 5.41) is 8.56. The van der Waals surface area contributed by atoms with Crippen LogP contribution >= 0.6 is 12.4 Å². The maximum absolute atomic E-state index is 13.5. The van der Waals surface area contributed by atoms with E-state index in [-0.39, 0.29) is 30.8 Å². The molecule has 106 valence electrons. The zero-order chi connectivity index (χ0) is 13.7. The van der Waals surface area contributed by atoms with Crippen molar-refractivity contribution >= 4 is 24.3 Å². The zero-order valence-corrected chi connectivity index (χ0v) is 11.1. The number of carbonyl (C=O) groups excluding carboxylic acids is 1. The highest BCUT2D eigenvalue weighted by molar-refractivity contribution is 5.85. The van der Waals surface area contributed by atoms with Gasteiger partial charge in [-0.25, -0.2) is 4.39 Å².